The van der Waals surface area contributed by atoms with Gasteiger partial charge in [-0.3, -0.25) is 14.5 Å². The fraction of sp³-hybridized carbons (Fsp3) is 0.500. The van der Waals surface area contributed by atoms with Crippen LogP contribution in [0.1, 0.15) is 106 Å². The Labute approximate surface area is 287 Å². The van der Waals surface area contributed by atoms with Crippen molar-refractivity contribution in [1.82, 2.24) is 40.1 Å². The second-order valence-corrected chi connectivity index (χ2v) is 14.3. The highest BCUT2D eigenvalue weighted by molar-refractivity contribution is 5.92. The number of urea groups is 1. The number of aliphatic hydroxyl groups is 1. The number of likely N-dealkylation sites (N-methyl/N-ethyl adjacent to an activating group) is 1. The molecular formula is C36H49N9O4. The number of carbonyl (C=O) groups excluding carboxylic acids is 2. The standard InChI is InChI=1S/C36H49N9O4/c1-8-36(5,6)33-43-42-30-16-13-23(22-45(30)33)49-27-15-14-26(24-11-9-10-12-25(24)27)38-34(48)41-29-21-28(35(2,3)4)39-31(40-29)32(47)37-17-18-44(7)19-20-46/h9-13,16,21-22,26-27,46H,8,14-15,17-20H2,1-7H3,(H,37,47)(H2,38,39,40,41,48)/t26-,27+/m0/s1. The first-order valence-electron chi connectivity index (χ1n) is 16.9. The van der Waals surface area contributed by atoms with E-state index in [2.05, 4.69) is 56.9 Å². The number of hydrogen-bond donors (Lipinski definition) is 4. The molecule has 13 nitrogen and oxygen atoms in total. The SMILES string of the molecule is CCC(C)(C)c1nnc2ccc(O[C@@H]3CC[C@H](NC(=O)Nc4cc(C(C)(C)C)nc(C(=O)NCCN(C)CCO)n4)c4ccccc43)cn12. The molecule has 0 spiro atoms. The lowest BCUT2D eigenvalue weighted by Gasteiger charge is -2.32. The largest absolute Gasteiger partial charge is 0.484 e. The molecule has 0 unspecified atom stereocenters. The van der Waals surface area contributed by atoms with E-state index in [-0.39, 0.29) is 35.8 Å². The van der Waals surface area contributed by atoms with Gasteiger partial charge in [-0.25, -0.2) is 14.8 Å². The highest BCUT2D eigenvalue weighted by Crippen LogP contribution is 2.39. The lowest BCUT2D eigenvalue weighted by atomic mass is 9.85. The second kappa shape index (κ2) is 14.9. The fourth-order valence-corrected chi connectivity index (χ4v) is 5.78. The highest BCUT2D eigenvalue weighted by atomic mass is 16.5. The molecule has 0 bridgehead atoms. The number of nitrogens with zero attached hydrogens (tertiary/aromatic N) is 6. The molecule has 3 aromatic heterocycles. The number of rotatable bonds is 12. The van der Waals surface area contributed by atoms with Gasteiger partial charge >= 0.3 is 6.03 Å². The van der Waals surface area contributed by atoms with Gasteiger partial charge in [-0.15, -0.1) is 10.2 Å². The molecule has 4 N–H and O–H groups in total. The number of pyridine rings is 1. The lowest BCUT2D eigenvalue weighted by molar-refractivity contribution is 0.0938. The van der Waals surface area contributed by atoms with Gasteiger partial charge in [0, 0.05) is 36.5 Å². The second-order valence-electron chi connectivity index (χ2n) is 14.3. The van der Waals surface area contributed by atoms with Gasteiger partial charge in [-0.1, -0.05) is 65.8 Å². The fourth-order valence-electron chi connectivity index (χ4n) is 5.78. The Morgan fingerprint density at radius 3 is 2.49 bits per heavy atom. The van der Waals surface area contributed by atoms with Gasteiger partial charge in [0.05, 0.1) is 24.5 Å². The summed E-state index contributed by atoms with van der Waals surface area (Å²) in [5.41, 5.74) is 2.86. The first-order valence-corrected chi connectivity index (χ1v) is 16.9. The van der Waals surface area contributed by atoms with Gasteiger partial charge in [-0.05, 0) is 49.6 Å². The van der Waals surface area contributed by atoms with Crippen LogP contribution < -0.4 is 20.7 Å². The van der Waals surface area contributed by atoms with E-state index in [1.165, 1.54) is 0 Å². The molecule has 2 atom stereocenters. The number of benzene rings is 1. The number of aliphatic hydroxyl groups excluding tert-OH is 1. The molecule has 3 amide bonds. The van der Waals surface area contributed by atoms with E-state index in [4.69, 9.17) is 9.84 Å². The van der Waals surface area contributed by atoms with Crippen LogP contribution in [0.3, 0.4) is 0 Å². The van der Waals surface area contributed by atoms with Crippen LogP contribution in [-0.4, -0.2) is 79.8 Å². The van der Waals surface area contributed by atoms with Crippen LogP contribution in [-0.2, 0) is 10.8 Å². The Hall–Kier alpha value is -4.62. The lowest BCUT2D eigenvalue weighted by Crippen LogP contribution is -2.37. The van der Waals surface area contributed by atoms with Gasteiger partial charge < -0.3 is 25.4 Å². The van der Waals surface area contributed by atoms with Gasteiger partial charge in [0.15, 0.2) is 5.65 Å². The summed E-state index contributed by atoms with van der Waals surface area (Å²) in [4.78, 5) is 37.2. The normalized spacial score (nSPS) is 16.3. The smallest absolute Gasteiger partial charge is 0.320 e. The predicted octanol–water partition coefficient (Wildman–Crippen LogP) is 4.94. The minimum Gasteiger partial charge on any atom is -0.484 e. The third kappa shape index (κ3) is 8.52. The summed E-state index contributed by atoms with van der Waals surface area (Å²) in [6.45, 7) is 13.9. The average molecular weight is 672 g/mol. The van der Waals surface area contributed by atoms with Crippen molar-refractivity contribution in [3.05, 3.63) is 77.1 Å². The van der Waals surface area contributed by atoms with E-state index >= 15 is 0 Å². The molecule has 262 valence electrons. The zero-order chi connectivity index (χ0) is 35.3. The molecule has 1 aliphatic rings. The van der Waals surface area contributed by atoms with Crippen molar-refractivity contribution in [3.63, 3.8) is 0 Å². The van der Waals surface area contributed by atoms with Crippen LogP contribution in [0.25, 0.3) is 5.65 Å². The minimum atomic E-state index is -0.437. The number of aromatic nitrogens is 5. The average Bonchev–Trinajstić information content (AvgIpc) is 3.50. The molecule has 3 heterocycles. The zero-order valence-corrected chi connectivity index (χ0v) is 29.6. The van der Waals surface area contributed by atoms with Gasteiger partial charge in [0.2, 0.25) is 5.82 Å². The number of fused-ring (bicyclic) bond motifs is 2. The summed E-state index contributed by atoms with van der Waals surface area (Å²) in [7, 11) is 1.86. The van der Waals surface area contributed by atoms with Crippen molar-refractivity contribution in [1.29, 1.82) is 0 Å². The summed E-state index contributed by atoms with van der Waals surface area (Å²) in [5, 5.41) is 26.7. The Morgan fingerprint density at radius 2 is 1.78 bits per heavy atom. The number of hydrogen-bond acceptors (Lipinski definition) is 9. The molecule has 5 rings (SSSR count). The van der Waals surface area contributed by atoms with E-state index in [0.717, 1.165) is 34.8 Å². The third-order valence-electron chi connectivity index (χ3n) is 9.08. The number of anilines is 1. The Kier molecular flexibility index (Phi) is 10.8. The molecule has 0 saturated heterocycles. The van der Waals surface area contributed by atoms with Crippen LogP contribution in [0, 0.1) is 0 Å². The predicted molar refractivity (Wildman–Crippen MR) is 188 cm³/mol. The molecule has 0 saturated carbocycles. The number of amides is 3. The van der Waals surface area contributed by atoms with Gasteiger partial charge in [0.25, 0.3) is 5.91 Å². The Morgan fingerprint density at radius 1 is 1.02 bits per heavy atom. The molecule has 1 aliphatic carbocycles. The monoisotopic (exact) mass is 671 g/mol. The van der Waals surface area contributed by atoms with Crippen molar-refractivity contribution in [2.45, 2.75) is 83.8 Å². The summed E-state index contributed by atoms with van der Waals surface area (Å²) in [6, 6.07) is 12.9. The van der Waals surface area contributed by atoms with Crippen molar-refractivity contribution in [2.75, 3.05) is 38.6 Å². The molecule has 0 fully saturated rings. The Bertz CT molecular complexity index is 1780. The van der Waals surface area contributed by atoms with Crippen LogP contribution >= 0.6 is 0 Å². The highest BCUT2D eigenvalue weighted by Gasteiger charge is 2.31. The van der Waals surface area contributed by atoms with E-state index in [9.17, 15) is 9.59 Å². The van der Waals surface area contributed by atoms with Gasteiger partial charge in [-0.2, -0.15) is 0 Å². The molecular weight excluding hydrogens is 622 g/mol. The first-order chi connectivity index (χ1) is 23.3. The van der Waals surface area contributed by atoms with Crippen LogP contribution in [0.4, 0.5) is 10.6 Å². The molecule has 0 aliphatic heterocycles. The maximum absolute atomic E-state index is 13.4. The molecule has 0 radical (unpaired) electrons. The topological polar surface area (TPSA) is 159 Å². The maximum Gasteiger partial charge on any atom is 0.320 e. The molecule has 4 aromatic rings. The Balaban J connectivity index is 1.29. The summed E-state index contributed by atoms with van der Waals surface area (Å²) in [5.74, 6) is 1.39. The van der Waals surface area contributed by atoms with Crippen molar-refractivity contribution in [2.24, 2.45) is 0 Å². The number of ether oxygens (including phenoxy) is 1. The molecule has 49 heavy (non-hydrogen) atoms. The molecule has 13 heteroatoms. The van der Waals surface area contributed by atoms with Gasteiger partial charge in [0.1, 0.15) is 23.5 Å². The van der Waals surface area contributed by atoms with Crippen molar-refractivity contribution in [3.8, 4) is 5.75 Å². The summed E-state index contributed by atoms with van der Waals surface area (Å²) in [6.07, 6.45) is 4.03. The van der Waals surface area contributed by atoms with E-state index in [1.807, 2.05) is 79.7 Å². The van der Waals surface area contributed by atoms with Crippen molar-refractivity contribution < 1.29 is 19.4 Å². The summed E-state index contributed by atoms with van der Waals surface area (Å²) >= 11 is 0. The van der Waals surface area contributed by atoms with Crippen molar-refractivity contribution >= 4 is 23.4 Å². The van der Waals surface area contributed by atoms with Crippen LogP contribution in [0.15, 0.2) is 48.7 Å². The van der Waals surface area contributed by atoms with E-state index in [0.29, 0.717) is 38.2 Å². The quantitative estimate of drug-likeness (QED) is 0.164. The zero-order valence-electron chi connectivity index (χ0n) is 29.6. The third-order valence-corrected chi connectivity index (χ3v) is 9.08. The maximum atomic E-state index is 13.4. The van der Waals surface area contributed by atoms with Crippen LogP contribution in [0.5, 0.6) is 5.75 Å². The summed E-state index contributed by atoms with van der Waals surface area (Å²) < 4.78 is 8.58. The number of nitrogens with one attached hydrogen (secondary N) is 3. The molecule has 1 aromatic carbocycles. The first kappa shape index (κ1) is 35.7. The van der Waals surface area contributed by atoms with E-state index < -0.39 is 17.4 Å². The minimum absolute atomic E-state index is 0.0226. The van der Waals surface area contributed by atoms with E-state index in [1.54, 1.807) is 6.07 Å². The number of carbonyl (C=O) groups is 2. The van der Waals surface area contributed by atoms with Crippen LogP contribution in [0.2, 0.25) is 0 Å².